The molecule has 0 aromatic heterocycles. The molecule has 0 spiro atoms. The van der Waals surface area contributed by atoms with Gasteiger partial charge in [-0.05, 0) is 133 Å². The summed E-state index contributed by atoms with van der Waals surface area (Å²) in [4.78, 5) is 4.72. The fourth-order valence-corrected chi connectivity index (χ4v) is 7.56. The van der Waals surface area contributed by atoms with Gasteiger partial charge in [-0.3, -0.25) is 0 Å². The SMILES string of the molecule is Cc1ccc(N(c2ccc(C=Cc3ccccc3)cc2)c2ccc(-c3ccc(N(c4ccc(C=Cc5ccccc5)cc4)c4ccc(C)cc4C)cc3)cc2)c(C)c1. The lowest BCUT2D eigenvalue weighted by molar-refractivity contribution is 1.23. The van der Waals surface area contributed by atoms with E-state index in [9.17, 15) is 0 Å². The molecule has 0 heterocycles. The van der Waals surface area contributed by atoms with Crippen LogP contribution in [0.15, 0.2) is 194 Å². The zero-order valence-electron chi connectivity index (χ0n) is 33.7. The van der Waals surface area contributed by atoms with Crippen LogP contribution in [0, 0.1) is 27.7 Å². The Balaban J connectivity index is 1.07. The molecule has 0 amide bonds. The predicted octanol–water partition coefficient (Wildman–Crippen LogP) is 15.9. The van der Waals surface area contributed by atoms with E-state index in [1.165, 1.54) is 55.9 Å². The largest absolute Gasteiger partial charge is 0.310 e. The highest BCUT2D eigenvalue weighted by Crippen LogP contribution is 2.40. The van der Waals surface area contributed by atoms with Crippen molar-refractivity contribution in [1.29, 1.82) is 0 Å². The first-order valence-corrected chi connectivity index (χ1v) is 20.0. The van der Waals surface area contributed by atoms with Crippen LogP contribution in [0.5, 0.6) is 0 Å². The third-order valence-electron chi connectivity index (χ3n) is 10.6. The molecule has 8 rings (SSSR count). The molecular formula is C56H48N2. The van der Waals surface area contributed by atoms with Crippen LogP contribution in [-0.4, -0.2) is 0 Å². The highest BCUT2D eigenvalue weighted by atomic mass is 15.1. The second-order valence-corrected chi connectivity index (χ2v) is 15.0. The molecule has 282 valence electrons. The number of nitrogens with zero attached hydrogens (tertiary/aromatic N) is 2. The minimum absolute atomic E-state index is 1.11. The zero-order chi connectivity index (χ0) is 39.8. The van der Waals surface area contributed by atoms with Gasteiger partial charge in [0.1, 0.15) is 0 Å². The Morgan fingerprint density at radius 2 is 0.586 bits per heavy atom. The van der Waals surface area contributed by atoms with Gasteiger partial charge in [0.2, 0.25) is 0 Å². The summed E-state index contributed by atoms with van der Waals surface area (Å²) in [5.41, 5.74) is 18.8. The summed E-state index contributed by atoms with van der Waals surface area (Å²) in [5.74, 6) is 0. The monoisotopic (exact) mass is 748 g/mol. The lowest BCUT2D eigenvalue weighted by Gasteiger charge is -2.28. The smallest absolute Gasteiger partial charge is 0.0490 e. The van der Waals surface area contributed by atoms with Gasteiger partial charge in [-0.15, -0.1) is 0 Å². The van der Waals surface area contributed by atoms with E-state index < -0.39 is 0 Å². The zero-order valence-corrected chi connectivity index (χ0v) is 33.7. The van der Waals surface area contributed by atoms with E-state index in [1.54, 1.807) is 0 Å². The molecule has 0 atom stereocenters. The van der Waals surface area contributed by atoms with Gasteiger partial charge in [-0.2, -0.15) is 0 Å². The third kappa shape index (κ3) is 8.78. The summed E-state index contributed by atoms with van der Waals surface area (Å²) < 4.78 is 0. The Morgan fingerprint density at radius 3 is 0.897 bits per heavy atom. The normalized spacial score (nSPS) is 11.3. The second-order valence-electron chi connectivity index (χ2n) is 15.0. The number of benzene rings is 8. The third-order valence-corrected chi connectivity index (χ3v) is 10.6. The molecule has 0 saturated heterocycles. The van der Waals surface area contributed by atoms with E-state index in [0.29, 0.717) is 0 Å². The molecule has 8 aromatic carbocycles. The van der Waals surface area contributed by atoms with Crippen molar-refractivity contribution in [3.05, 3.63) is 239 Å². The molecule has 0 N–H and O–H groups in total. The van der Waals surface area contributed by atoms with Gasteiger partial charge in [0.25, 0.3) is 0 Å². The highest BCUT2D eigenvalue weighted by molar-refractivity contribution is 5.83. The fraction of sp³-hybridized carbons (Fsp3) is 0.0714. The van der Waals surface area contributed by atoms with Gasteiger partial charge in [0.05, 0.1) is 0 Å². The Hall–Kier alpha value is -7.16. The maximum absolute atomic E-state index is 2.36. The molecule has 0 bridgehead atoms. The molecule has 0 aliphatic rings. The van der Waals surface area contributed by atoms with Gasteiger partial charge >= 0.3 is 0 Å². The van der Waals surface area contributed by atoms with Gasteiger partial charge in [0, 0.05) is 34.1 Å². The average Bonchev–Trinajstić information content (AvgIpc) is 3.26. The van der Waals surface area contributed by atoms with Crippen LogP contribution in [0.4, 0.5) is 34.1 Å². The molecule has 0 aliphatic carbocycles. The van der Waals surface area contributed by atoms with Crippen LogP contribution in [-0.2, 0) is 0 Å². The second kappa shape index (κ2) is 17.3. The Labute approximate surface area is 344 Å². The van der Waals surface area contributed by atoms with Gasteiger partial charge in [-0.25, -0.2) is 0 Å². The molecule has 0 radical (unpaired) electrons. The van der Waals surface area contributed by atoms with Crippen LogP contribution >= 0.6 is 0 Å². The van der Waals surface area contributed by atoms with Crippen molar-refractivity contribution in [3.8, 4) is 11.1 Å². The van der Waals surface area contributed by atoms with Crippen LogP contribution in [0.3, 0.4) is 0 Å². The maximum Gasteiger partial charge on any atom is 0.0490 e. The van der Waals surface area contributed by atoms with Crippen LogP contribution in [0.2, 0.25) is 0 Å². The number of hydrogen-bond donors (Lipinski definition) is 0. The van der Waals surface area contributed by atoms with E-state index in [0.717, 1.165) is 33.9 Å². The summed E-state index contributed by atoms with van der Waals surface area (Å²) in [7, 11) is 0. The molecule has 0 unspecified atom stereocenters. The van der Waals surface area contributed by atoms with Crippen molar-refractivity contribution in [1.82, 2.24) is 0 Å². The highest BCUT2D eigenvalue weighted by Gasteiger charge is 2.17. The summed E-state index contributed by atoms with van der Waals surface area (Å²) in [5, 5.41) is 0. The van der Waals surface area contributed by atoms with Gasteiger partial charge in [-0.1, -0.05) is 169 Å². The molecule has 8 aromatic rings. The van der Waals surface area contributed by atoms with E-state index >= 15 is 0 Å². The lowest BCUT2D eigenvalue weighted by atomic mass is 10.0. The minimum Gasteiger partial charge on any atom is -0.310 e. The predicted molar refractivity (Wildman–Crippen MR) is 251 cm³/mol. The van der Waals surface area contributed by atoms with Crippen molar-refractivity contribution in [2.45, 2.75) is 27.7 Å². The Kier molecular flexibility index (Phi) is 11.3. The number of aryl methyl sites for hydroxylation is 4. The Morgan fingerprint density at radius 1 is 0.293 bits per heavy atom. The minimum atomic E-state index is 1.11. The standard InChI is InChI=1S/C56H48N2/c1-41-15-37-55(43(3)39-41)57(51-29-21-47(22-30-51)19-17-45-11-7-5-8-12-45)53-33-25-49(26-34-53)50-27-35-54(36-28-50)58(56-38-16-42(2)40-44(56)4)52-31-23-48(24-32-52)20-18-46-13-9-6-10-14-46/h5-40H,1-4H3. The van der Waals surface area contributed by atoms with Gasteiger partial charge in [0.15, 0.2) is 0 Å². The first-order chi connectivity index (χ1) is 28.4. The van der Waals surface area contributed by atoms with Crippen LogP contribution in [0.1, 0.15) is 44.5 Å². The average molecular weight is 749 g/mol. The summed E-state index contributed by atoms with van der Waals surface area (Å²) in [6.07, 6.45) is 8.66. The van der Waals surface area contributed by atoms with Gasteiger partial charge < -0.3 is 9.80 Å². The van der Waals surface area contributed by atoms with Crippen molar-refractivity contribution >= 4 is 58.4 Å². The van der Waals surface area contributed by atoms with E-state index in [2.05, 4.69) is 244 Å². The number of hydrogen-bond acceptors (Lipinski definition) is 2. The molecule has 0 saturated carbocycles. The first-order valence-electron chi connectivity index (χ1n) is 20.0. The van der Waals surface area contributed by atoms with Crippen molar-refractivity contribution in [2.75, 3.05) is 9.80 Å². The first kappa shape index (κ1) is 37.7. The topological polar surface area (TPSA) is 6.48 Å². The van der Waals surface area contributed by atoms with E-state index in [1.807, 2.05) is 12.1 Å². The summed E-state index contributed by atoms with van der Waals surface area (Å²) in [6.45, 7) is 8.69. The Bertz CT molecular complexity index is 2460. The molecule has 58 heavy (non-hydrogen) atoms. The molecule has 0 fully saturated rings. The fourth-order valence-electron chi connectivity index (χ4n) is 7.56. The lowest BCUT2D eigenvalue weighted by Crippen LogP contribution is -2.11. The quantitative estimate of drug-likeness (QED) is 0.122. The maximum atomic E-state index is 2.36. The van der Waals surface area contributed by atoms with Crippen molar-refractivity contribution < 1.29 is 0 Å². The summed E-state index contributed by atoms with van der Waals surface area (Å²) >= 11 is 0. The summed E-state index contributed by atoms with van der Waals surface area (Å²) in [6, 6.07) is 69.8. The van der Waals surface area contributed by atoms with Crippen molar-refractivity contribution in [3.63, 3.8) is 0 Å². The van der Waals surface area contributed by atoms with Crippen molar-refractivity contribution in [2.24, 2.45) is 0 Å². The molecular weight excluding hydrogens is 701 g/mol. The number of anilines is 6. The molecule has 2 heteroatoms. The van der Waals surface area contributed by atoms with E-state index in [4.69, 9.17) is 0 Å². The molecule has 0 aliphatic heterocycles. The van der Waals surface area contributed by atoms with E-state index in [-0.39, 0.29) is 0 Å². The van der Waals surface area contributed by atoms with Crippen LogP contribution in [0.25, 0.3) is 35.4 Å². The number of rotatable bonds is 11. The molecule has 2 nitrogen and oxygen atoms in total. The van der Waals surface area contributed by atoms with Crippen LogP contribution < -0.4 is 9.80 Å².